The second-order valence-corrected chi connectivity index (χ2v) is 7.53. The van der Waals surface area contributed by atoms with Crippen molar-refractivity contribution >= 4 is 38.9 Å². The molecule has 3 rings (SSSR count). The van der Waals surface area contributed by atoms with Crippen molar-refractivity contribution in [2.45, 2.75) is 32.7 Å². The number of aliphatic imine (C=N–C) groups is 1. The molecule has 0 atom stereocenters. The Hall–Kier alpha value is -1.40. The van der Waals surface area contributed by atoms with Gasteiger partial charge < -0.3 is 11.1 Å². The minimum atomic E-state index is 0.428. The van der Waals surface area contributed by atoms with Crippen LogP contribution in [-0.2, 0) is 19.4 Å². The average Bonchev–Trinajstić information content (AvgIpc) is 3.03. The van der Waals surface area contributed by atoms with E-state index < -0.39 is 0 Å². The Morgan fingerprint density at radius 2 is 2.24 bits per heavy atom. The highest BCUT2D eigenvalue weighted by atomic mass is 79.9. The average molecular weight is 365 g/mol. The van der Waals surface area contributed by atoms with Crippen molar-refractivity contribution in [3.63, 3.8) is 0 Å². The maximum atomic E-state index is 5.95. The lowest BCUT2D eigenvalue weighted by Crippen LogP contribution is -2.22. The predicted octanol–water partition coefficient (Wildman–Crippen LogP) is 3.63. The number of nitrogens with two attached hydrogens (primary N) is 1. The maximum absolute atomic E-state index is 5.95. The Morgan fingerprint density at radius 1 is 1.43 bits per heavy atom. The minimum Gasteiger partial charge on any atom is -0.370 e. The van der Waals surface area contributed by atoms with E-state index >= 15 is 0 Å². The van der Waals surface area contributed by atoms with Crippen molar-refractivity contribution in [1.82, 2.24) is 4.98 Å². The third-order valence-corrected chi connectivity index (χ3v) is 5.53. The fourth-order valence-corrected chi connectivity index (χ4v) is 3.85. The van der Waals surface area contributed by atoms with Gasteiger partial charge in [0.2, 0.25) is 0 Å². The summed E-state index contributed by atoms with van der Waals surface area (Å²) in [6, 6.07) is 6.42. The summed E-state index contributed by atoms with van der Waals surface area (Å²) in [5.74, 6) is 0.428. The van der Waals surface area contributed by atoms with Gasteiger partial charge in [-0.2, -0.15) is 0 Å². The number of nitrogens with zero attached hydrogens (tertiary/aromatic N) is 2. The molecule has 21 heavy (non-hydrogen) atoms. The van der Waals surface area contributed by atoms with Gasteiger partial charge in [0.15, 0.2) is 5.96 Å². The number of fused-ring (bicyclic) bond motifs is 1. The van der Waals surface area contributed by atoms with E-state index in [4.69, 9.17) is 5.73 Å². The molecule has 6 heteroatoms. The number of nitrogens with one attached hydrogen (secondary N) is 1. The first-order valence-electron chi connectivity index (χ1n) is 6.92. The molecule has 0 amide bonds. The van der Waals surface area contributed by atoms with E-state index in [9.17, 15) is 0 Å². The van der Waals surface area contributed by atoms with Crippen LogP contribution in [0.5, 0.6) is 0 Å². The summed E-state index contributed by atoms with van der Waals surface area (Å²) in [5, 5.41) is 4.11. The summed E-state index contributed by atoms with van der Waals surface area (Å²) < 4.78 is 1.05. The summed E-state index contributed by atoms with van der Waals surface area (Å²) in [4.78, 5) is 8.77. The fourth-order valence-electron chi connectivity index (χ4n) is 2.49. The lowest BCUT2D eigenvalue weighted by molar-refractivity contribution is 0.912. The third kappa shape index (κ3) is 3.44. The van der Waals surface area contributed by atoms with Crippen LogP contribution < -0.4 is 11.1 Å². The van der Waals surface area contributed by atoms with Gasteiger partial charge in [0.1, 0.15) is 5.01 Å². The van der Waals surface area contributed by atoms with Crippen molar-refractivity contribution in [2.75, 3.05) is 5.32 Å². The number of anilines is 1. The zero-order chi connectivity index (χ0) is 14.8. The van der Waals surface area contributed by atoms with Gasteiger partial charge in [0, 0.05) is 5.69 Å². The molecule has 0 unspecified atom stereocenters. The Labute approximate surface area is 136 Å². The number of hydrogen-bond donors (Lipinski definition) is 2. The quantitative estimate of drug-likeness (QED) is 0.645. The van der Waals surface area contributed by atoms with Crippen LogP contribution in [0.2, 0.25) is 0 Å². The lowest BCUT2D eigenvalue weighted by atomic mass is 10.1. The molecular formula is C15H17BrN4S. The predicted molar refractivity (Wildman–Crippen MR) is 92.0 cm³/mol. The van der Waals surface area contributed by atoms with E-state index in [1.165, 1.54) is 24.0 Å². The Bertz CT molecular complexity index is 673. The van der Waals surface area contributed by atoms with Gasteiger partial charge in [-0.25, -0.2) is 9.98 Å². The number of benzene rings is 1. The molecule has 110 valence electrons. The SMILES string of the molecule is Cc1nc(CN=C(N)Nc2ccc3c(c2)CCC3)sc1Br. The molecule has 0 fully saturated rings. The molecule has 0 spiro atoms. The Balaban J connectivity index is 1.65. The number of halogens is 1. The van der Waals surface area contributed by atoms with Crippen molar-refractivity contribution in [3.8, 4) is 0 Å². The number of guanidine groups is 1. The molecular weight excluding hydrogens is 348 g/mol. The molecule has 0 aliphatic heterocycles. The van der Waals surface area contributed by atoms with E-state index in [1.807, 2.05) is 6.92 Å². The maximum Gasteiger partial charge on any atom is 0.193 e. The number of aryl methyl sites for hydroxylation is 3. The molecule has 0 bridgehead atoms. The fraction of sp³-hybridized carbons (Fsp3) is 0.333. The minimum absolute atomic E-state index is 0.428. The van der Waals surface area contributed by atoms with Crippen LogP contribution in [0.1, 0.15) is 28.2 Å². The highest BCUT2D eigenvalue weighted by Gasteiger charge is 2.11. The molecule has 0 radical (unpaired) electrons. The smallest absolute Gasteiger partial charge is 0.193 e. The van der Waals surface area contributed by atoms with Gasteiger partial charge in [-0.05, 0) is 65.4 Å². The molecule has 1 aromatic heterocycles. The van der Waals surface area contributed by atoms with Gasteiger partial charge in [0.25, 0.3) is 0 Å². The van der Waals surface area contributed by atoms with Crippen LogP contribution in [0.4, 0.5) is 5.69 Å². The van der Waals surface area contributed by atoms with Crippen molar-refractivity contribution in [2.24, 2.45) is 10.7 Å². The van der Waals surface area contributed by atoms with E-state index in [2.05, 4.69) is 49.4 Å². The molecule has 1 aliphatic rings. The zero-order valence-corrected chi connectivity index (χ0v) is 14.2. The highest BCUT2D eigenvalue weighted by molar-refractivity contribution is 9.11. The molecule has 4 nitrogen and oxygen atoms in total. The molecule has 3 N–H and O–H groups in total. The summed E-state index contributed by atoms with van der Waals surface area (Å²) in [5.41, 5.74) is 10.8. The number of aromatic nitrogens is 1. The van der Waals surface area contributed by atoms with Crippen LogP contribution in [0, 0.1) is 6.92 Å². The van der Waals surface area contributed by atoms with E-state index in [1.54, 1.807) is 11.3 Å². The molecule has 1 aliphatic carbocycles. The largest absolute Gasteiger partial charge is 0.370 e. The van der Waals surface area contributed by atoms with Crippen molar-refractivity contribution < 1.29 is 0 Å². The lowest BCUT2D eigenvalue weighted by Gasteiger charge is -2.07. The Morgan fingerprint density at radius 3 is 3.00 bits per heavy atom. The first kappa shape index (κ1) is 14.5. The molecule has 0 saturated carbocycles. The number of hydrogen-bond acceptors (Lipinski definition) is 3. The second kappa shape index (κ2) is 6.15. The topological polar surface area (TPSA) is 63.3 Å². The third-order valence-electron chi connectivity index (χ3n) is 3.54. The summed E-state index contributed by atoms with van der Waals surface area (Å²) >= 11 is 5.06. The molecule has 1 heterocycles. The van der Waals surface area contributed by atoms with Crippen LogP contribution in [-0.4, -0.2) is 10.9 Å². The highest BCUT2D eigenvalue weighted by Crippen LogP contribution is 2.25. The van der Waals surface area contributed by atoms with Gasteiger partial charge in [-0.15, -0.1) is 11.3 Å². The zero-order valence-electron chi connectivity index (χ0n) is 11.8. The monoisotopic (exact) mass is 364 g/mol. The van der Waals surface area contributed by atoms with Crippen LogP contribution >= 0.6 is 27.3 Å². The van der Waals surface area contributed by atoms with E-state index in [0.29, 0.717) is 12.5 Å². The van der Waals surface area contributed by atoms with E-state index in [-0.39, 0.29) is 0 Å². The van der Waals surface area contributed by atoms with Gasteiger partial charge in [-0.3, -0.25) is 0 Å². The van der Waals surface area contributed by atoms with Crippen LogP contribution in [0.15, 0.2) is 27.0 Å². The molecule has 1 aromatic carbocycles. The number of rotatable bonds is 3. The van der Waals surface area contributed by atoms with Crippen molar-refractivity contribution in [3.05, 3.63) is 43.8 Å². The first-order chi connectivity index (χ1) is 10.1. The van der Waals surface area contributed by atoms with Gasteiger partial charge in [-0.1, -0.05) is 6.07 Å². The summed E-state index contributed by atoms with van der Waals surface area (Å²) in [7, 11) is 0. The molecule has 0 saturated heterocycles. The normalized spacial score (nSPS) is 14.3. The standard InChI is InChI=1S/C15H17BrN4S/c1-9-14(16)21-13(19-9)8-18-15(17)20-12-6-5-10-3-2-4-11(10)7-12/h5-7H,2-4,8H2,1H3,(H3,17,18,20). The second-order valence-electron chi connectivity index (χ2n) is 5.13. The molecule has 2 aromatic rings. The van der Waals surface area contributed by atoms with Crippen LogP contribution in [0.25, 0.3) is 0 Å². The van der Waals surface area contributed by atoms with Gasteiger partial charge >= 0.3 is 0 Å². The first-order valence-corrected chi connectivity index (χ1v) is 8.53. The summed E-state index contributed by atoms with van der Waals surface area (Å²) in [6.45, 7) is 2.47. The summed E-state index contributed by atoms with van der Waals surface area (Å²) in [6.07, 6.45) is 3.60. The van der Waals surface area contributed by atoms with Crippen LogP contribution in [0.3, 0.4) is 0 Å². The Kier molecular flexibility index (Phi) is 4.26. The van der Waals surface area contributed by atoms with E-state index in [0.717, 1.165) is 26.6 Å². The van der Waals surface area contributed by atoms with Gasteiger partial charge in [0.05, 0.1) is 16.0 Å². The number of thiazole rings is 1. The van der Waals surface area contributed by atoms with Crippen molar-refractivity contribution in [1.29, 1.82) is 0 Å².